The lowest BCUT2D eigenvalue weighted by atomic mass is 10.1. The number of hydrogen-bond donors (Lipinski definition) is 1. The van der Waals surface area contributed by atoms with Gasteiger partial charge in [-0.15, -0.1) is 12.4 Å². The molecule has 1 aliphatic heterocycles. The predicted molar refractivity (Wildman–Crippen MR) is 79.6 cm³/mol. The summed E-state index contributed by atoms with van der Waals surface area (Å²) in [4.78, 5) is 13.9. The number of halogens is 1. The summed E-state index contributed by atoms with van der Waals surface area (Å²) in [5, 5.41) is 4.31. The molecule has 2 heterocycles. The highest BCUT2D eigenvalue weighted by Crippen LogP contribution is 2.26. The van der Waals surface area contributed by atoms with Crippen LogP contribution in [0.3, 0.4) is 0 Å². The molecule has 102 valence electrons. The van der Waals surface area contributed by atoms with Crippen LogP contribution in [0.1, 0.15) is 5.56 Å². The molecule has 0 amide bonds. The van der Waals surface area contributed by atoms with E-state index in [1.807, 2.05) is 24.3 Å². The molecule has 0 spiro atoms. The van der Waals surface area contributed by atoms with Crippen LogP contribution >= 0.6 is 12.4 Å². The van der Waals surface area contributed by atoms with Crippen molar-refractivity contribution in [1.82, 2.24) is 5.32 Å². The lowest BCUT2D eigenvalue weighted by Gasteiger charge is -2.29. The SMILES string of the molecule is Cc1cc2cccc(N3CCNCC3)c2oc1=O.Cl. The quantitative estimate of drug-likeness (QED) is 0.811. The Bertz CT molecular complexity index is 633. The average Bonchev–Trinajstić information content (AvgIpc) is 2.40. The van der Waals surface area contributed by atoms with Gasteiger partial charge in [-0.2, -0.15) is 0 Å². The molecule has 4 nitrogen and oxygen atoms in total. The lowest BCUT2D eigenvalue weighted by Crippen LogP contribution is -2.43. The van der Waals surface area contributed by atoms with Crippen molar-refractivity contribution in [2.24, 2.45) is 0 Å². The topological polar surface area (TPSA) is 45.5 Å². The van der Waals surface area contributed by atoms with Crippen LogP contribution in [-0.2, 0) is 0 Å². The van der Waals surface area contributed by atoms with Gasteiger partial charge in [0.25, 0.3) is 0 Å². The number of piperazine rings is 1. The summed E-state index contributed by atoms with van der Waals surface area (Å²) >= 11 is 0. The van der Waals surface area contributed by atoms with Gasteiger partial charge in [0, 0.05) is 37.1 Å². The number of anilines is 1. The number of rotatable bonds is 1. The minimum Gasteiger partial charge on any atom is -0.420 e. The molecule has 0 aliphatic carbocycles. The van der Waals surface area contributed by atoms with E-state index in [9.17, 15) is 4.79 Å². The molecule has 1 aromatic heterocycles. The van der Waals surface area contributed by atoms with Gasteiger partial charge in [-0.3, -0.25) is 0 Å². The minimum atomic E-state index is -0.245. The maximum Gasteiger partial charge on any atom is 0.339 e. The standard InChI is InChI=1S/C14H16N2O2.ClH/c1-10-9-11-3-2-4-12(13(11)18-14(10)17)16-7-5-15-6-8-16;/h2-4,9,15H,5-8H2,1H3;1H. The molecule has 1 N–H and O–H groups in total. The molecule has 1 fully saturated rings. The highest BCUT2D eigenvalue weighted by molar-refractivity contribution is 5.89. The van der Waals surface area contributed by atoms with Gasteiger partial charge in [-0.1, -0.05) is 12.1 Å². The average molecular weight is 281 g/mol. The number of nitrogens with one attached hydrogen (secondary N) is 1. The third-order valence-electron chi connectivity index (χ3n) is 3.37. The first kappa shape index (κ1) is 13.9. The van der Waals surface area contributed by atoms with Crippen LogP contribution in [0.2, 0.25) is 0 Å². The molecule has 0 radical (unpaired) electrons. The molecule has 0 saturated carbocycles. The van der Waals surface area contributed by atoms with E-state index in [0.29, 0.717) is 11.1 Å². The first-order chi connectivity index (χ1) is 8.75. The Balaban J connectivity index is 0.00000133. The van der Waals surface area contributed by atoms with Crippen LogP contribution < -0.4 is 15.8 Å². The molecule has 0 atom stereocenters. The third-order valence-corrected chi connectivity index (χ3v) is 3.37. The second-order valence-electron chi connectivity index (χ2n) is 4.65. The molecule has 0 unspecified atom stereocenters. The van der Waals surface area contributed by atoms with E-state index < -0.39 is 0 Å². The molecule has 1 saturated heterocycles. The predicted octanol–water partition coefficient (Wildman–Crippen LogP) is 1.93. The Morgan fingerprint density at radius 2 is 2.00 bits per heavy atom. The van der Waals surface area contributed by atoms with Crippen LogP contribution in [-0.4, -0.2) is 26.2 Å². The van der Waals surface area contributed by atoms with E-state index in [4.69, 9.17) is 4.42 Å². The fourth-order valence-corrected chi connectivity index (χ4v) is 2.39. The van der Waals surface area contributed by atoms with Crippen LogP contribution in [0.25, 0.3) is 11.0 Å². The molecular formula is C14H17ClN2O2. The van der Waals surface area contributed by atoms with Crippen molar-refractivity contribution < 1.29 is 4.42 Å². The van der Waals surface area contributed by atoms with Crippen molar-refractivity contribution in [3.8, 4) is 0 Å². The lowest BCUT2D eigenvalue weighted by molar-refractivity contribution is 0.546. The van der Waals surface area contributed by atoms with Crippen molar-refractivity contribution in [2.45, 2.75) is 6.92 Å². The number of hydrogen-bond acceptors (Lipinski definition) is 4. The van der Waals surface area contributed by atoms with Gasteiger partial charge in [-0.05, 0) is 19.1 Å². The van der Waals surface area contributed by atoms with Gasteiger partial charge >= 0.3 is 5.63 Å². The van der Waals surface area contributed by atoms with Gasteiger partial charge in [0.05, 0.1) is 5.69 Å². The van der Waals surface area contributed by atoms with Crippen molar-refractivity contribution in [1.29, 1.82) is 0 Å². The molecule has 1 aliphatic rings. The smallest absolute Gasteiger partial charge is 0.339 e. The van der Waals surface area contributed by atoms with Gasteiger partial charge in [0.15, 0.2) is 5.58 Å². The first-order valence-electron chi connectivity index (χ1n) is 6.25. The first-order valence-corrected chi connectivity index (χ1v) is 6.25. The molecule has 0 bridgehead atoms. The Hall–Kier alpha value is -1.52. The maximum atomic E-state index is 11.7. The molecule has 5 heteroatoms. The van der Waals surface area contributed by atoms with E-state index in [2.05, 4.69) is 10.2 Å². The van der Waals surface area contributed by atoms with E-state index >= 15 is 0 Å². The number of aryl methyl sites for hydroxylation is 1. The zero-order valence-electron chi connectivity index (χ0n) is 10.8. The van der Waals surface area contributed by atoms with E-state index in [1.165, 1.54) is 0 Å². The second kappa shape index (κ2) is 5.63. The molecule has 19 heavy (non-hydrogen) atoms. The summed E-state index contributed by atoms with van der Waals surface area (Å²) < 4.78 is 5.46. The molecule has 3 rings (SSSR count). The maximum absolute atomic E-state index is 11.7. The summed E-state index contributed by atoms with van der Waals surface area (Å²) in [6.45, 7) is 5.59. The number of nitrogens with zero attached hydrogens (tertiary/aromatic N) is 1. The minimum absolute atomic E-state index is 0. The van der Waals surface area contributed by atoms with E-state index in [-0.39, 0.29) is 18.0 Å². The van der Waals surface area contributed by atoms with Crippen LogP contribution in [0.5, 0.6) is 0 Å². The Morgan fingerprint density at radius 3 is 2.74 bits per heavy atom. The summed E-state index contributed by atoms with van der Waals surface area (Å²) in [6, 6.07) is 7.91. The fraction of sp³-hybridized carbons (Fsp3) is 0.357. The summed E-state index contributed by atoms with van der Waals surface area (Å²) in [5.74, 6) is 0. The Morgan fingerprint density at radius 1 is 1.26 bits per heavy atom. The van der Waals surface area contributed by atoms with Gasteiger partial charge < -0.3 is 14.6 Å². The van der Waals surface area contributed by atoms with Crippen LogP contribution in [0, 0.1) is 6.92 Å². The molecule has 2 aromatic rings. The van der Waals surface area contributed by atoms with Gasteiger partial charge in [0.2, 0.25) is 0 Å². The zero-order valence-corrected chi connectivity index (χ0v) is 11.6. The highest BCUT2D eigenvalue weighted by Gasteiger charge is 2.15. The Kier molecular flexibility index (Phi) is 4.12. The summed E-state index contributed by atoms with van der Waals surface area (Å²) in [5.41, 5.74) is 2.13. The van der Waals surface area contributed by atoms with Crippen molar-refractivity contribution in [2.75, 3.05) is 31.1 Å². The molecular weight excluding hydrogens is 264 g/mol. The van der Waals surface area contributed by atoms with Crippen molar-refractivity contribution in [3.63, 3.8) is 0 Å². The van der Waals surface area contributed by atoms with Crippen molar-refractivity contribution >= 4 is 29.1 Å². The second-order valence-corrected chi connectivity index (χ2v) is 4.65. The van der Waals surface area contributed by atoms with E-state index in [0.717, 1.165) is 37.3 Å². The monoisotopic (exact) mass is 280 g/mol. The van der Waals surface area contributed by atoms with Crippen molar-refractivity contribution in [3.05, 3.63) is 40.2 Å². The van der Waals surface area contributed by atoms with Gasteiger partial charge in [0.1, 0.15) is 0 Å². The number of para-hydroxylation sites is 1. The summed E-state index contributed by atoms with van der Waals surface area (Å²) in [6.07, 6.45) is 0. The van der Waals surface area contributed by atoms with Gasteiger partial charge in [-0.25, -0.2) is 4.79 Å². The van der Waals surface area contributed by atoms with Crippen LogP contribution in [0.4, 0.5) is 5.69 Å². The largest absolute Gasteiger partial charge is 0.420 e. The fourth-order valence-electron chi connectivity index (χ4n) is 2.39. The molecule has 1 aromatic carbocycles. The number of benzene rings is 1. The summed E-state index contributed by atoms with van der Waals surface area (Å²) in [7, 11) is 0. The highest BCUT2D eigenvalue weighted by atomic mass is 35.5. The van der Waals surface area contributed by atoms with Crippen LogP contribution in [0.15, 0.2) is 33.5 Å². The van der Waals surface area contributed by atoms with E-state index in [1.54, 1.807) is 6.92 Å². The number of fused-ring (bicyclic) bond motifs is 1. The third kappa shape index (κ3) is 2.60. The normalized spacial score (nSPS) is 15.3. The zero-order chi connectivity index (χ0) is 12.5. The Labute approximate surface area is 117 Å².